The number of hydrogen-bond acceptors (Lipinski definition) is 1. The van der Waals surface area contributed by atoms with E-state index in [0.29, 0.717) is 17.9 Å². The van der Waals surface area contributed by atoms with Crippen LogP contribution in [0.1, 0.15) is 50.3 Å². The minimum atomic E-state index is -2.47. The van der Waals surface area contributed by atoms with Crippen LogP contribution in [0.15, 0.2) is 24.3 Å². The molecule has 0 saturated carbocycles. The van der Waals surface area contributed by atoms with Crippen LogP contribution in [-0.2, 0) is 0 Å². The van der Waals surface area contributed by atoms with Crippen molar-refractivity contribution in [3.8, 4) is 0 Å². The topological polar surface area (TPSA) is 20.2 Å². The van der Waals surface area contributed by atoms with Gasteiger partial charge in [0.1, 0.15) is 0 Å². The minimum Gasteiger partial charge on any atom is -0.388 e. The normalized spacial score (nSPS) is 13.4. The van der Waals surface area contributed by atoms with Crippen LogP contribution < -0.4 is 0 Å². The van der Waals surface area contributed by atoms with E-state index in [1.54, 1.807) is 12.1 Å². The van der Waals surface area contributed by atoms with Gasteiger partial charge < -0.3 is 5.11 Å². The Morgan fingerprint density at radius 1 is 1.12 bits per heavy atom. The molecule has 1 rings (SSSR count). The third kappa shape index (κ3) is 3.89. The molecule has 1 unspecified atom stereocenters. The lowest BCUT2D eigenvalue weighted by atomic mass is 9.99. The third-order valence-electron chi connectivity index (χ3n) is 2.56. The summed E-state index contributed by atoms with van der Waals surface area (Å²) in [6.07, 6.45) is -1.61. The van der Waals surface area contributed by atoms with Crippen molar-refractivity contribution in [3.05, 3.63) is 35.4 Å². The molecule has 0 aromatic heterocycles. The number of rotatable bonds is 5. The van der Waals surface area contributed by atoms with Crippen LogP contribution in [-0.4, -0.2) is 5.11 Å². The smallest absolute Gasteiger partial charge is 0.263 e. The minimum absolute atomic E-state index is 0.0268. The van der Waals surface area contributed by atoms with E-state index in [2.05, 4.69) is 13.8 Å². The van der Waals surface area contributed by atoms with E-state index >= 15 is 0 Å². The Hall–Kier alpha value is -0.960. The third-order valence-corrected chi connectivity index (χ3v) is 2.56. The quantitative estimate of drug-likeness (QED) is 0.804. The molecule has 90 valence electrons. The predicted molar refractivity (Wildman–Crippen MR) is 60.4 cm³/mol. The van der Waals surface area contributed by atoms with Crippen molar-refractivity contribution in [1.29, 1.82) is 0 Å². The van der Waals surface area contributed by atoms with E-state index in [4.69, 9.17) is 0 Å². The summed E-state index contributed by atoms with van der Waals surface area (Å²) in [7, 11) is 0. The molecule has 0 amide bonds. The highest BCUT2D eigenvalue weighted by atomic mass is 19.3. The van der Waals surface area contributed by atoms with Gasteiger partial charge in [0, 0.05) is 5.56 Å². The molecular weight excluding hydrogens is 210 g/mol. The van der Waals surface area contributed by atoms with Gasteiger partial charge in [0.05, 0.1) is 6.10 Å². The fourth-order valence-corrected chi connectivity index (χ4v) is 1.56. The lowest BCUT2D eigenvalue weighted by molar-refractivity contribution is 0.147. The van der Waals surface area contributed by atoms with Gasteiger partial charge in [-0.25, -0.2) is 8.78 Å². The average molecular weight is 228 g/mol. The highest BCUT2D eigenvalue weighted by molar-refractivity contribution is 5.25. The number of aliphatic hydroxyl groups is 1. The fourth-order valence-electron chi connectivity index (χ4n) is 1.56. The molecule has 1 aromatic carbocycles. The SMILES string of the molecule is CC(C)CCC(O)c1cccc(C(F)F)c1. The van der Waals surface area contributed by atoms with Gasteiger partial charge in [-0.15, -0.1) is 0 Å². The zero-order valence-corrected chi connectivity index (χ0v) is 9.66. The second kappa shape index (κ2) is 5.94. The van der Waals surface area contributed by atoms with Gasteiger partial charge in [0.2, 0.25) is 0 Å². The molecule has 0 radical (unpaired) electrons. The van der Waals surface area contributed by atoms with Gasteiger partial charge in [-0.2, -0.15) is 0 Å². The molecule has 0 aliphatic heterocycles. The first kappa shape index (κ1) is 13.1. The fraction of sp³-hybridized carbons (Fsp3) is 0.538. The first-order chi connectivity index (χ1) is 7.50. The van der Waals surface area contributed by atoms with Gasteiger partial charge in [-0.3, -0.25) is 0 Å². The van der Waals surface area contributed by atoms with Crippen LogP contribution in [0.25, 0.3) is 0 Å². The van der Waals surface area contributed by atoms with Gasteiger partial charge in [0.15, 0.2) is 0 Å². The number of aliphatic hydroxyl groups excluding tert-OH is 1. The number of alkyl halides is 2. The Balaban J connectivity index is 2.68. The Bertz CT molecular complexity index is 323. The van der Waals surface area contributed by atoms with E-state index in [0.717, 1.165) is 6.42 Å². The van der Waals surface area contributed by atoms with Crippen LogP contribution in [0.2, 0.25) is 0 Å². The monoisotopic (exact) mass is 228 g/mol. The standard InChI is InChI=1S/C13H18F2O/c1-9(2)6-7-12(16)10-4-3-5-11(8-10)13(14)15/h3-5,8-9,12-13,16H,6-7H2,1-2H3. The molecule has 0 aliphatic rings. The van der Waals surface area contributed by atoms with Crippen LogP contribution in [0.4, 0.5) is 8.78 Å². The highest BCUT2D eigenvalue weighted by Crippen LogP contribution is 2.25. The van der Waals surface area contributed by atoms with Crippen molar-refractivity contribution in [1.82, 2.24) is 0 Å². The van der Waals surface area contributed by atoms with Gasteiger partial charge in [-0.1, -0.05) is 32.0 Å². The van der Waals surface area contributed by atoms with E-state index in [-0.39, 0.29) is 5.56 Å². The first-order valence-corrected chi connectivity index (χ1v) is 5.56. The van der Waals surface area contributed by atoms with Crippen LogP contribution in [0, 0.1) is 5.92 Å². The summed E-state index contributed by atoms with van der Waals surface area (Å²) in [5.74, 6) is 0.507. The molecule has 0 aliphatic carbocycles. The summed E-state index contributed by atoms with van der Waals surface area (Å²) >= 11 is 0. The lowest BCUT2D eigenvalue weighted by Gasteiger charge is -2.13. The van der Waals surface area contributed by atoms with Crippen molar-refractivity contribution in [2.45, 2.75) is 39.2 Å². The summed E-state index contributed by atoms with van der Waals surface area (Å²) in [5, 5.41) is 9.83. The van der Waals surface area contributed by atoms with Crippen molar-refractivity contribution in [2.75, 3.05) is 0 Å². The first-order valence-electron chi connectivity index (χ1n) is 5.56. The van der Waals surface area contributed by atoms with Crippen LogP contribution >= 0.6 is 0 Å². The molecule has 0 fully saturated rings. The second-order valence-electron chi connectivity index (χ2n) is 4.46. The molecule has 1 nitrogen and oxygen atoms in total. The highest BCUT2D eigenvalue weighted by Gasteiger charge is 2.12. The van der Waals surface area contributed by atoms with Crippen LogP contribution in [0.3, 0.4) is 0 Å². The van der Waals surface area contributed by atoms with E-state index < -0.39 is 12.5 Å². The summed E-state index contributed by atoms with van der Waals surface area (Å²) in [4.78, 5) is 0. The summed E-state index contributed by atoms with van der Waals surface area (Å²) in [6, 6.07) is 6.02. The Morgan fingerprint density at radius 2 is 1.75 bits per heavy atom. The Morgan fingerprint density at radius 3 is 2.31 bits per heavy atom. The summed E-state index contributed by atoms with van der Waals surface area (Å²) < 4.78 is 24.9. The van der Waals surface area contributed by atoms with Crippen molar-refractivity contribution in [3.63, 3.8) is 0 Å². The number of hydrogen-bond donors (Lipinski definition) is 1. The number of benzene rings is 1. The van der Waals surface area contributed by atoms with Crippen molar-refractivity contribution < 1.29 is 13.9 Å². The zero-order chi connectivity index (χ0) is 12.1. The van der Waals surface area contributed by atoms with Crippen molar-refractivity contribution in [2.24, 2.45) is 5.92 Å². The van der Waals surface area contributed by atoms with E-state index in [9.17, 15) is 13.9 Å². The zero-order valence-electron chi connectivity index (χ0n) is 9.66. The maximum atomic E-state index is 12.4. The molecule has 0 saturated heterocycles. The van der Waals surface area contributed by atoms with Crippen LogP contribution in [0.5, 0.6) is 0 Å². The summed E-state index contributed by atoms with van der Waals surface area (Å²) in [6.45, 7) is 4.14. The molecule has 0 bridgehead atoms. The Kier molecular flexibility index (Phi) is 4.87. The van der Waals surface area contributed by atoms with Gasteiger partial charge in [0.25, 0.3) is 6.43 Å². The van der Waals surface area contributed by atoms with E-state index in [1.807, 2.05) is 0 Å². The molecule has 1 N–H and O–H groups in total. The molecule has 1 aromatic rings. The number of halogens is 2. The van der Waals surface area contributed by atoms with Gasteiger partial charge in [-0.05, 0) is 30.4 Å². The molecule has 3 heteroatoms. The predicted octanol–water partition coefficient (Wildman–Crippen LogP) is 4.09. The lowest BCUT2D eigenvalue weighted by Crippen LogP contribution is -2.00. The second-order valence-corrected chi connectivity index (χ2v) is 4.46. The van der Waals surface area contributed by atoms with Gasteiger partial charge >= 0.3 is 0 Å². The molecule has 1 atom stereocenters. The molecule has 0 heterocycles. The average Bonchev–Trinajstić information content (AvgIpc) is 2.26. The molecule has 0 spiro atoms. The molecule has 16 heavy (non-hydrogen) atoms. The maximum Gasteiger partial charge on any atom is 0.263 e. The summed E-state index contributed by atoms with van der Waals surface area (Å²) in [5.41, 5.74) is 0.555. The molecular formula is C13H18F2O. The maximum absolute atomic E-state index is 12.4. The van der Waals surface area contributed by atoms with Crippen molar-refractivity contribution >= 4 is 0 Å². The van der Waals surface area contributed by atoms with E-state index in [1.165, 1.54) is 12.1 Å². The Labute approximate surface area is 95.1 Å². The largest absolute Gasteiger partial charge is 0.388 e.